The number of H-pyrrole nitrogens is 1. The van der Waals surface area contributed by atoms with Gasteiger partial charge in [-0.3, -0.25) is 0 Å². The Hall–Kier alpha value is -1.54. The van der Waals surface area contributed by atoms with Gasteiger partial charge >= 0.3 is 5.63 Å². The predicted molar refractivity (Wildman–Crippen MR) is 36.5 cm³/mol. The summed E-state index contributed by atoms with van der Waals surface area (Å²) in [6.45, 7) is 0. The lowest BCUT2D eigenvalue weighted by Crippen LogP contribution is -2.15. The molecule has 11 heavy (non-hydrogen) atoms. The Labute approximate surface area is 62.4 Å². The van der Waals surface area contributed by atoms with E-state index >= 15 is 0 Å². The second-order valence-corrected chi connectivity index (χ2v) is 2.08. The number of aromatic nitrogens is 1. The first-order valence-corrected chi connectivity index (χ1v) is 3.05. The van der Waals surface area contributed by atoms with E-state index in [1.54, 1.807) is 0 Å². The van der Waals surface area contributed by atoms with Crippen LogP contribution in [0, 0.1) is 11.3 Å². The molecule has 0 aromatic carbocycles. The van der Waals surface area contributed by atoms with Crippen molar-refractivity contribution < 1.29 is 4.52 Å². The van der Waals surface area contributed by atoms with Gasteiger partial charge in [-0.1, -0.05) is 0 Å². The van der Waals surface area contributed by atoms with Crippen LogP contribution < -0.4 is 11.4 Å². The van der Waals surface area contributed by atoms with Crippen molar-refractivity contribution in [1.29, 1.82) is 5.26 Å². The molecule has 0 bridgehead atoms. The van der Waals surface area contributed by atoms with E-state index in [9.17, 15) is 4.79 Å². The molecule has 0 radical (unpaired) electrons. The molecule has 1 aromatic heterocycles. The molecule has 0 saturated heterocycles. The first-order chi connectivity index (χ1) is 5.25. The van der Waals surface area contributed by atoms with Crippen molar-refractivity contribution in [2.24, 2.45) is 5.73 Å². The highest BCUT2D eigenvalue weighted by Crippen LogP contribution is 2.06. The molecule has 1 rings (SSSR count). The van der Waals surface area contributed by atoms with Crippen LogP contribution in [-0.4, -0.2) is 5.16 Å². The van der Waals surface area contributed by atoms with Crippen molar-refractivity contribution >= 4 is 0 Å². The highest BCUT2D eigenvalue weighted by atomic mass is 16.5. The van der Waals surface area contributed by atoms with Crippen LogP contribution in [0.25, 0.3) is 0 Å². The fraction of sp³-hybridized carbons (Fsp3) is 0.333. The van der Waals surface area contributed by atoms with E-state index in [2.05, 4.69) is 9.68 Å². The van der Waals surface area contributed by atoms with Gasteiger partial charge in [-0.2, -0.15) is 5.26 Å². The van der Waals surface area contributed by atoms with Crippen LogP contribution in [0.5, 0.6) is 0 Å². The first-order valence-electron chi connectivity index (χ1n) is 3.05. The molecule has 0 aliphatic heterocycles. The molecule has 3 N–H and O–H groups in total. The lowest BCUT2D eigenvalue weighted by molar-refractivity contribution is 0.389. The summed E-state index contributed by atoms with van der Waals surface area (Å²) in [5.41, 5.74) is 5.25. The Morgan fingerprint density at radius 1 is 1.91 bits per heavy atom. The molecule has 58 valence electrons. The number of nitrogens with two attached hydrogens (primary N) is 1. The fourth-order valence-corrected chi connectivity index (χ4v) is 0.731. The molecule has 0 aliphatic carbocycles. The highest BCUT2D eigenvalue weighted by molar-refractivity contribution is 5.08. The van der Waals surface area contributed by atoms with Crippen molar-refractivity contribution in [3.63, 3.8) is 0 Å². The Morgan fingerprint density at radius 2 is 2.64 bits per heavy atom. The van der Waals surface area contributed by atoms with Crippen LogP contribution in [0.3, 0.4) is 0 Å². The van der Waals surface area contributed by atoms with Gasteiger partial charge in [-0.25, -0.2) is 9.95 Å². The summed E-state index contributed by atoms with van der Waals surface area (Å²) in [4.78, 5) is 10.7. The van der Waals surface area contributed by atoms with E-state index < -0.39 is 11.7 Å². The molecular weight excluding hydrogens is 146 g/mol. The van der Waals surface area contributed by atoms with Gasteiger partial charge in [0.15, 0.2) is 0 Å². The van der Waals surface area contributed by atoms with Gasteiger partial charge in [0.1, 0.15) is 0 Å². The largest absolute Gasteiger partial charge is 0.361 e. The van der Waals surface area contributed by atoms with E-state index in [0.29, 0.717) is 5.56 Å². The van der Waals surface area contributed by atoms with Crippen LogP contribution in [0.2, 0.25) is 0 Å². The maximum atomic E-state index is 10.7. The summed E-state index contributed by atoms with van der Waals surface area (Å²) in [5, 5.41) is 10.5. The standard InChI is InChI=1S/C6H7N3O2/c7-2-1-5(8)4-3-9-11-6(4)10/h3,5,9H,1,8H2/t5-/m0/s1. The number of rotatable bonds is 2. The Kier molecular flexibility index (Phi) is 2.09. The molecule has 5 heteroatoms. The molecule has 0 saturated carbocycles. The fourth-order valence-electron chi connectivity index (χ4n) is 0.731. The zero-order valence-corrected chi connectivity index (χ0v) is 5.70. The van der Waals surface area contributed by atoms with Crippen molar-refractivity contribution in [1.82, 2.24) is 5.16 Å². The van der Waals surface area contributed by atoms with Crippen LogP contribution >= 0.6 is 0 Å². The van der Waals surface area contributed by atoms with Crippen molar-refractivity contribution in [3.8, 4) is 6.07 Å². The molecule has 0 unspecified atom stereocenters. The highest BCUT2D eigenvalue weighted by Gasteiger charge is 2.11. The normalized spacial score (nSPS) is 12.4. The minimum absolute atomic E-state index is 0.114. The molecular formula is C6H7N3O2. The second kappa shape index (κ2) is 3.03. The van der Waals surface area contributed by atoms with Crippen LogP contribution in [-0.2, 0) is 0 Å². The minimum atomic E-state index is -0.553. The minimum Gasteiger partial charge on any atom is -0.339 e. The van der Waals surface area contributed by atoms with Crippen molar-refractivity contribution in [2.75, 3.05) is 0 Å². The molecule has 1 aromatic rings. The van der Waals surface area contributed by atoms with Crippen LogP contribution in [0.15, 0.2) is 15.5 Å². The first kappa shape index (κ1) is 7.57. The van der Waals surface area contributed by atoms with E-state index in [1.165, 1.54) is 6.20 Å². The number of aromatic amines is 1. The number of nitrogens with zero attached hydrogens (tertiary/aromatic N) is 1. The molecule has 0 fully saturated rings. The third-order valence-corrected chi connectivity index (χ3v) is 1.31. The number of hydrogen-bond acceptors (Lipinski definition) is 4. The quantitative estimate of drug-likeness (QED) is 0.619. The third-order valence-electron chi connectivity index (χ3n) is 1.31. The maximum Gasteiger partial charge on any atom is 0.361 e. The van der Waals surface area contributed by atoms with Crippen molar-refractivity contribution in [2.45, 2.75) is 12.5 Å². The monoisotopic (exact) mass is 153 g/mol. The SMILES string of the molecule is N#CC[C@H](N)c1c[nH]oc1=O. The van der Waals surface area contributed by atoms with Gasteiger partial charge in [-0.05, 0) is 0 Å². The topological polar surface area (TPSA) is 95.8 Å². The summed E-state index contributed by atoms with van der Waals surface area (Å²) in [6.07, 6.45) is 1.48. The summed E-state index contributed by atoms with van der Waals surface area (Å²) >= 11 is 0. The molecule has 5 nitrogen and oxygen atoms in total. The van der Waals surface area contributed by atoms with Gasteiger partial charge in [0.05, 0.1) is 24.1 Å². The molecule has 0 amide bonds. The third kappa shape index (κ3) is 1.48. The number of hydrogen-bond donors (Lipinski definition) is 2. The molecule has 0 spiro atoms. The summed E-state index contributed by atoms with van der Waals surface area (Å²) < 4.78 is 4.36. The lowest BCUT2D eigenvalue weighted by atomic mass is 10.1. The number of nitriles is 1. The van der Waals surface area contributed by atoms with E-state index in [1.807, 2.05) is 6.07 Å². The van der Waals surface area contributed by atoms with Crippen molar-refractivity contribution in [3.05, 3.63) is 22.2 Å². The van der Waals surface area contributed by atoms with Gasteiger partial charge in [0.25, 0.3) is 0 Å². The van der Waals surface area contributed by atoms with Gasteiger partial charge in [0, 0.05) is 6.20 Å². The summed E-state index contributed by atoms with van der Waals surface area (Å²) in [5.74, 6) is 0. The van der Waals surface area contributed by atoms with E-state index in [0.717, 1.165) is 0 Å². The Balaban J connectivity index is 2.86. The Morgan fingerprint density at radius 3 is 3.09 bits per heavy atom. The second-order valence-electron chi connectivity index (χ2n) is 2.08. The predicted octanol–water partition coefficient (Wildman–Crippen LogP) is -0.119. The smallest absolute Gasteiger partial charge is 0.339 e. The summed E-state index contributed by atoms with van der Waals surface area (Å²) in [7, 11) is 0. The van der Waals surface area contributed by atoms with Crippen LogP contribution in [0.4, 0.5) is 0 Å². The zero-order chi connectivity index (χ0) is 8.27. The summed E-state index contributed by atoms with van der Waals surface area (Å²) in [6, 6.07) is 1.31. The van der Waals surface area contributed by atoms with E-state index in [-0.39, 0.29) is 6.42 Å². The van der Waals surface area contributed by atoms with Gasteiger partial charge in [0.2, 0.25) is 0 Å². The Bertz CT molecular complexity index is 319. The average molecular weight is 153 g/mol. The average Bonchev–Trinajstić information content (AvgIpc) is 2.36. The van der Waals surface area contributed by atoms with Gasteiger partial charge < -0.3 is 10.3 Å². The van der Waals surface area contributed by atoms with E-state index in [4.69, 9.17) is 11.0 Å². The molecule has 0 aliphatic rings. The molecule has 1 atom stereocenters. The lowest BCUT2D eigenvalue weighted by Gasteiger charge is -1.98. The van der Waals surface area contributed by atoms with Crippen LogP contribution in [0.1, 0.15) is 18.0 Å². The number of nitrogens with one attached hydrogen (secondary N) is 1. The zero-order valence-electron chi connectivity index (χ0n) is 5.70. The molecule has 1 heterocycles. The van der Waals surface area contributed by atoms with Gasteiger partial charge in [-0.15, -0.1) is 0 Å². The maximum absolute atomic E-state index is 10.7.